The molecule has 0 amide bonds. The summed E-state index contributed by atoms with van der Waals surface area (Å²) in [6, 6.07) is 0. The minimum absolute atomic E-state index is 0.0241. The molecule has 4 rings (SSSR count). The largest absolute Gasteiger partial charge is 0.465 e. The Morgan fingerprint density at radius 1 is 0.909 bits per heavy atom. The maximum absolute atomic E-state index is 12.9. The van der Waals surface area contributed by atoms with Gasteiger partial charge in [0, 0.05) is 0 Å². The van der Waals surface area contributed by atoms with Crippen LogP contribution >= 0.6 is 0 Å². The lowest BCUT2D eigenvalue weighted by molar-refractivity contribution is -0.161. The van der Waals surface area contributed by atoms with Crippen LogP contribution < -0.4 is 0 Å². The van der Waals surface area contributed by atoms with Crippen LogP contribution in [0.2, 0.25) is 0 Å². The van der Waals surface area contributed by atoms with E-state index in [1.54, 1.807) is 0 Å². The monoisotopic (exact) mass is 466 g/mol. The predicted molar refractivity (Wildman–Crippen MR) is 125 cm³/mol. The van der Waals surface area contributed by atoms with Crippen molar-refractivity contribution in [1.82, 2.24) is 0 Å². The van der Waals surface area contributed by atoms with Crippen LogP contribution in [0.25, 0.3) is 0 Å². The highest BCUT2D eigenvalue weighted by Crippen LogP contribution is 2.61. The number of aliphatic hydroxyl groups excluding tert-OH is 4. The van der Waals surface area contributed by atoms with Crippen molar-refractivity contribution < 1.29 is 30.0 Å². The molecule has 3 aliphatic carbocycles. The Labute approximate surface area is 199 Å². The average Bonchev–Trinajstić information content (AvgIpc) is 3.17. The van der Waals surface area contributed by atoms with Crippen molar-refractivity contribution in [3.8, 4) is 0 Å². The van der Waals surface area contributed by atoms with Gasteiger partial charge < -0.3 is 25.2 Å². The summed E-state index contributed by atoms with van der Waals surface area (Å²) in [4.78, 5) is 12.9. The van der Waals surface area contributed by atoms with E-state index in [9.17, 15) is 25.2 Å². The zero-order chi connectivity index (χ0) is 24.2. The van der Waals surface area contributed by atoms with Crippen molar-refractivity contribution in [2.24, 2.45) is 58.7 Å². The number of carbonyl (C=O) groups excluding carboxylic acids is 1. The summed E-state index contributed by atoms with van der Waals surface area (Å²) < 4.78 is 5.82. The normalized spacial score (nSPS) is 46.9. The smallest absolute Gasteiger partial charge is 0.309 e. The predicted octanol–water partition coefficient (Wildman–Crippen LogP) is 3.00. The van der Waals surface area contributed by atoms with E-state index in [-0.39, 0.29) is 41.5 Å². The van der Waals surface area contributed by atoms with E-state index in [0.717, 1.165) is 25.7 Å². The van der Waals surface area contributed by atoms with Gasteiger partial charge in [0.15, 0.2) is 0 Å². The van der Waals surface area contributed by atoms with Crippen molar-refractivity contribution in [3.05, 3.63) is 0 Å². The molecule has 1 aliphatic heterocycles. The quantitative estimate of drug-likeness (QED) is 0.464. The van der Waals surface area contributed by atoms with Crippen LogP contribution in [0, 0.1) is 58.7 Å². The van der Waals surface area contributed by atoms with Crippen LogP contribution in [0.3, 0.4) is 0 Å². The molecule has 6 nitrogen and oxygen atoms in total. The van der Waals surface area contributed by atoms with Gasteiger partial charge in [0.05, 0.1) is 36.9 Å². The Morgan fingerprint density at radius 2 is 1.58 bits per heavy atom. The zero-order valence-electron chi connectivity index (χ0n) is 21.1. The van der Waals surface area contributed by atoms with Crippen molar-refractivity contribution in [2.75, 3.05) is 6.61 Å². The fourth-order valence-corrected chi connectivity index (χ4v) is 8.41. The van der Waals surface area contributed by atoms with E-state index >= 15 is 0 Å². The van der Waals surface area contributed by atoms with Gasteiger partial charge in [-0.3, -0.25) is 4.79 Å². The number of hydrogen-bond acceptors (Lipinski definition) is 6. The molecule has 0 aromatic heterocycles. The number of fused-ring (bicyclic) bond motifs is 5. The molecule has 3 saturated carbocycles. The molecule has 0 aromatic carbocycles. The number of hydrogen-bond donors (Lipinski definition) is 4. The first-order valence-corrected chi connectivity index (χ1v) is 13.4. The molecule has 33 heavy (non-hydrogen) atoms. The van der Waals surface area contributed by atoms with Crippen molar-refractivity contribution in [2.45, 2.75) is 97.6 Å². The first-order chi connectivity index (χ1) is 15.5. The third-order valence-corrected chi connectivity index (χ3v) is 10.9. The van der Waals surface area contributed by atoms with E-state index in [1.165, 1.54) is 0 Å². The number of carbonyl (C=O) groups is 1. The molecule has 6 heteroatoms. The number of cyclic esters (lactones) is 1. The molecule has 1 heterocycles. The number of aliphatic hydroxyl groups is 4. The first kappa shape index (κ1) is 25.4. The molecule has 4 fully saturated rings. The number of ether oxygens (including phenoxy) is 1. The van der Waals surface area contributed by atoms with Crippen LogP contribution in [-0.4, -0.2) is 57.4 Å². The summed E-state index contributed by atoms with van der Waals surface area (Å²) in [6.45, 7) is 10.9. The fourth-order valence-electron chi connectivity index (χ4n) is 8.41. The summed E-state index contributed by atoms with van der Waals surface area (Å²) in [6.07, 6.45) is 1.78. The Kier molecular flexibility index (Phi) is 7.24. The van der Waals surface area contributed by atoms with Crippen molar-refractivity contribution in [1.29, 1.82) is 0 Å². The van der Waals surface area contributed by atoms with Crippen LogP contribution in [-0.2, 0) is 9.53 Å². The van der Waals surface area contributed by atoms with Gasteiger partial charge in [-0.25, -0.2) is 0 Å². The van der Waals surface area contributed by atoms with Crippen LogP contribution in [0.15, 0.2) is 0 Å². The van der Waals surface area contributed by atoms with E-state index in [0.29, 0.717) is 42.6 Å². The summed E-state index contributed by atoms with van der Waals surface area (Å²) >= 11 is 0. The molecule has 0 spiro atoms. The van der Waals surface area contributed by atoms with Gasteiger partial charge in [0.2, 0.25) is 0 Å². The van der Waals surface area contributed by atoms with Crippen LogP contribution in [0.5, 0.6) is 0 Å². The van der Waals surface area contributed by atoms with Gasteiger partial charge in [0.1, 0.15) is 0 Å². The van der Waals surface area contributed by atoms with Gasteiger partial charge >= 0.3 is 5.97 Å². The third-order valence-electron chi connectivity index (χ3n) is 10.9. The van der Waals surface area contributed by atoms with Crippen molar-refractivity contribution in [3.63, 3.8) is 0 Å². The summed E-state index contributed by atoms with van der Waals surface area (Å²) in [5.74, 6) is 1.64. The summed E-state index contributed by atoms with van der Waals surface area (Å²) in [7, 11) is 0. The third kappa shape index (κ3) is 4.28. The maximum Gasteiger partial charge on any atom is 0.309 e. The minimum Gasteiger partial charge on any atom is -0.465 e. The molecule has 1 saturated heterocycles. The Morgan fingerprint density at radius 3 is 2.24 bits per heavy atom. The number of esters is 1. The second-order valence-corrected chi connectivity index (χ2v) is 12.6. The molecule has 3 unspecified atom stereocenters. The molecule has 4 aliphatic rings. The topological polar surface area (TPSA) is 107 Å². The lowest BCUT2D eigenvalue weighted by atomic mass is 9.51. The Hall–Kier alpha value is -0.690. The van der Waals surface area contributed by atoms with Crippen LogP contribution in [0.1, 0.15) is 73.1 Å². The molecular formula is C27H46O6. The second-order valence-electron chi connectivity index (χ2n) is 12.6. The van der Waals surface area contributed by atoms with Crippen LogP contribution in [0.4, 0.5) is 0 Å². The summed E-state index contributed by atoms with van der Waals surface area (Å²) in [5, 5.41) is 42.6. The van der Waals surface area contributed by atoms with E-state index in [4.69, 9.17) is 4.74 Å². The lowest BCUT2D eigenvalue weighted by Crippen LogP contribution is -2.53. The van der Waals surface area contributed by atoms with E-state index in [2.05, 4.69) is 27.7 Å². The lowest BCUT2D eigenvalue weighted by Gasteiger charge is -2.53. The molecule has 13 atom stereocenters. The fraction of sp³-hybridized carbons (Fsp3) is 0.963. The molecule has 0 aromatic rings. The Balaban J connectivity index is 1.52. The zero-order valence-corrected chi connectivity index (χ0v) is 21.1. The van der Waals surface area contributed by atoms with Gasteiger partial charge in [-0.05, 0) is 91.3 Å². The average molecular weight is 467 g/mol. The van der Waals surface area contributed by atoms with Gasteiger partial charge in [-0.1, -0.05) is 34.6 Å². The number of rotatable bonds is 5. The van der Waals surface area contributed by atoms with E-state index in [1.807, 2.05) is 6.92 Å². The highest BCUT2D eigenvalue weighted by Gasteiger charge is 2.60. The first-order valence-electron chi connectivity index (χ1n) is 13.4. The molecule has 190 valence electrons. The SMILES string of the molecule is CC(C)[C@H](C)[C@@H](O)[C@H](O)[C@@H](C)[C@H]1CCC2C3COC(=O)[C@@H]4C[C@H](O)[C@H](O)C[C@]4(C)C3CC[C@@H]21. The Bertz CT molecular complexity index is 711. The highest BCUT2D eigenvalue weighted by molar-refractivity contribution is 5.74. The van der Waals surface area contributed by atoms with Gasteiger partial charge in [-0.2, -0.15) is 0 Å². The summed E-state index contributed by atoms with van der Waals surface area (Å²) in [5.41, 5.74) is -0.353. The van der Waals surface area contributed by atoms with Crippen molar-refractivity contribution >= 4 is 5.97 Å². The molecule has 0 bridgehead atoms. The van der Waals surface area contributed by atoms with Gasteiger partial charge in [0.25, 0.3) is 0 Å². The van der Waals surface area contributed by atoms with Gasteiger partial charge in [-0.15, -0.1) is 0 Å². The molecule has 0 radical (unpaired) electrons. The minimum atomic E-state index is -0.860. The molecule has 4 N–H and O–H groups in total. The van der Waals surface area contributed by atoms with E-state index < -0.39 is 24.4 Å². The maximum atomic E-state index is 12.9. The standard InChI is InChI=1S/C27H46O6/c1-13(2)14(3)24(30)25(31)15(4)16-6-7-18-17(16)8-9-20-19(18)12-33-26(32)21-10-22(28)23(29)11-27(20,21)5/h13-25,28-31H,6-12H2,1-5H3/t14-,15-,16+,17+,18?,19?,20?,21-,22-,23+,24+,25+,27+/m0/s1. The molecular weight excluding hydrogens is 420 g/mol. The highest BCUT2D eigenvalue weighted by atomic mass is 16.5. The second kappa shape index (κ2) is 9.40.